The van der Waals surface area contributed by atoms with Crippen LogP contribution in [0.3, 0.4) is 0 Å². The van der Waals surface area contributed by atoms with Gasteiger partial charge in [0.1, 0.15) is 5.82 Å². The van der Waals surface area contributed by atoms with Crippen LogP contribution in [0.25, 0.3) is 0 Å². The van der Waals surface area contributed by atoms with E-state index in [0.717, 1.165) is 29.8 Å². The van der Waals surface area contributed by atoms with Crippen LogP contribution in [-0.4, -0.2) is 23.9 Å². The number of hydrogen-bond acceptors (Lipinski definition) is 4. The van der Waals surface area contributed by atoms with E-state index in [2.05, 4.69) is 22.4 Å². The largest absolute Gasteiger partial charge is 0.480 e. The second-order valence-corrected chi connectivity index (χ2v) is 4.95. The molecule has 112 valence electrons. The van der Waals surface area contributed by atoms with Gasteiger partial charge in [0.2, 0.25) is 5.88 Å². The monoisotopic (exact) mass is 289 g/mol. The lowest BCUT2D eigenvalue weighted by atomic mass is 10.0. The van der Waals surface area contributed by atoms with Crippen molar-refractivity contribution in [1.29, 1.82) is 0 Å². The third kappa shape index (κ3) is 3.98. The highest BCUT2D eigenvalue weighted by atomic mass is 19.1. The van der Waals surface area contributed by atoms with Crippen molar-refractivity contribution in [3.63, 3.8) is 0 Å². The van der Waals surface area contributed by atoms with Crippen LogP contribution in [-0.2, 0) is 0 Å². The van der Waals surface area contributed by atoms with Crippen LogP contribution in [0.1, 0.15) is 36.2 Å². The number of methoxy groups -OCH3 is 1. The van der Waals surface area contributed by atoms with Gasteiger partial charge in [-0.3, -0.25) is 0 Å². The third-order valence-corrected chi connectivity index (χ3v) is 3.16. The first kappa shape index (κ1) is 15.4. The zero-order valence-electron chi connectivity index (χ0n) is 12.6. The Morgan fingerprint density at radius 2 is 2.05 bits per heavy atom. The fourth-order valence-electron chi connectivity index (χ4n) is 2.21. The first-order chi connectivity index (χ1) is 10.1. The van der Waals surface area contributed by atoms with Gasteiger partial charge in [-0.05, 0) is 49.2 Å². The molecule has 0 bridgehead atoms. The molecule has 0 aliphatic carbocycles. The predicted octanol–water partition coefficient (Wildman–Crippen LogP) is 3.02. The summed E-state index contributed by atoms with van der Waals surface area (Å²) in [5.74, 6) is 0.221. The Kier molecular flexibility index (Phi) is 5.22. The molecule has 0 saturated heterocycles. The number of benzene rings is 1. The van der Waals surface area contributed by atoms with E-state index in [1.165, 1.54) is 12.1 Å². The molecular formula is C16H20FN3O. The molecule has 0 aliphatic rings. The zero-order chi connectivity index (χ0) is 15.2. The lowest BCUT2D eigenvalue weighted by Crippen LogP contribution is -2.24. The Labute approximate surface area is 124 Å². The average molecular weight is 289 g/mol. The molecule has 0 radical (unpaired) electrons. The Hall–Kier alpha value is -2.01. The predicted molar refractivity (Wildman–Crippen MR) is 79.9 cm³/mol. The van der Waals surface area contributed by atoms with Gasteiger partial charge in [0.05, 0.1) is 18.8 Å². The average Bonchev–Trinajstić information content (AvgIpc) is 2.47. The van der Waals surface area contributed by atoms with E-state index >= 15 is 0 Å². The molecule has 0 saturated carbocycles. The summed E-state index contributed by atoms with van der Waals surface area (Å²) in [6.45, 7) is 4.78. The molecule has 1 atom stereocenters. The number of nitrogens with one attached hydrogen (secondary N) is 1. The molecule has 1 unspecified atom stereocenters. The van der Waals surface area contributed by atoms with Crippen LogP contribution in [0.2, 0.25) is 0 Å². The Morgan fingerprint density at radius 1 is 1.24 bits per heavy atom. The molecule has 1 N–H and O–H groups in total. The summed E-state index contributed by atoms with van der Waals surface area (Å²) in [7, 11) is 1.55. The van der Waals surface area contributed by atoms with Crippen molar-refractivity contribution in [2.24, 2.45) is 0 Å². The zero-order valence-corrected chi connectivity index (χ0v) is 12.6. The van der Waals surface area contributed by atoms with E-state index in [1.807, 2.05) is 19.1 Å². The van der Waals surface area contributed by atoms with E-state index in [0.29, 0.717) is 5.88 Å². The molecule has 4 nitrogen and oxygen atoms in total. The summed E-state index contributed by atoms with van der Waals surface area (Å²) in [6.07, 6.45) is 0.981. The SMILES string of the molecule is CCCNC(c1cc(C)cc(F)c1)c1ccc(OC)nn1. The summed E-state index contributed by atoms with van der Waals surface area (Å²) < 4.78 is 18.7. The molecule has 1 aromatic heterocycles. The van der Waals surface area contributed by atoms with Gasteiger partial charge in [0.25, 0.3) is 0 Å². The Morgan fingerprint density at radius 3 is 2.62 bits per heavy atom. The van der Waals surface area contributed by atoms with Gasteiger partial charge in [-0.2, -0.15) is 0 Å². The maximum Gasteiger partial charge on any atom is 0.233 e. The minimum absolute atomic E-state index is 0.183. The molecule has 0 fully saturated rings. The van der Waals surface area contributed by atoms with Crippen LogP contribution >= 0.6 is 0 Å². The minimum Gasteiger partial charge on any atom is -0.480 e. The van der Waals surface area contributed by atoms with E-state index in [-0.39, 0.29) is 11.9 Å². The standard InChI is InChI=1S/C16H20FN3O/c1-4-7-18-16(12-8-11(2)9-13(17)10-12)14-5-6-15(21-3)20-19-14/h5-6,8-10,16,18H,4,7H2,1-3H3. The van der Waals surface area contributed by atoms with Crippen molar-refractivity contribution in [3.8, 4) is 5.88 Å². The molecular weight excluding hydrogens is 269 g/mol. The molecule has 0 aliphatic heterocycles. The van der Waals surface area contributed by atoms with E-state index in [4.69, 9.17) is 4.74 Å². The van der Waals surface area contributed by atoms with Crippen LogP contribution in [0.15, 0.2) is 30.3 Å². The van der Waals surface area contributed by atoms with Gasteiger partial charge in [-0.15, -0.1) is 10.2 Å². The highest BCUT2D eigenvalue weighted by Gasteiger charge is 2.16. The smallest absolute Gasteiger partial charge is 0.233 e. The molecule has 2 aromatic rings. The minimum atomic E-state index is -0.241. The molecule has 0 spiro atoms. The van der Waals surface area contributed by atoms with Crippen LogP contribution in [0.5, 0.6) is 5.88 Å². The first-order valence-electron chi connectivity index (χ1n) is 7.02. The van der Waals surface area contributed by atoms with Gasteiger partial charge in [-0.25, -0.2) is 4.39 Å². The van der Waals surface area contributed by atoms with Crippen molar-refractivity contribution >= 4 is 0 Å². The molecule has 1 heterocycles. The summed E-state index contributed by atoms with van der Waals surface area (Å²) in [6, 6.07) is 8.43. The number of halogens is 1. The molecule has 0 amide bonds. The second kappa shape index (κ2) is 7.13. The lowest BCUT2D eigenvalue weighted by Gasteiger charge is -2.19. The van der Waals surface area contributed by atoms with Crippen molar-refractivity contribution in [3.05, 3.63) is 53.0 Å². The highest BCUT2D eigenvalue weighted by Crippen LogP contribution is 2.23. The van der Waals surface area contributed by atoms with Crippen LogP contribution < -0.4 is 10.1 Å². The number of nitrogens with zero attached hydrogens (tertiary/aromatic N) is 2. The molecule has 2 rings (SSSR count). The normalized spacial score (nSPS) is 12.2. The summed E-state index contributed by atoms with van der Waals surface area (Å²) in [4.78, 5) is 0. The Bertz CT molecular complexity index is 566. The summed E-state index contributed by atoms with van der Waals surface area (Å²) >= 11 is 0. The van der Waals surface area contributed by atoms with E-state index in [1.54, 1.807) is 13.2 Å². The number of aryl methyl sites for hydroxylation is 1. The quantitative estimate of drug-likeness (QED) is 0.888. The van der Waals surface area contributed by atoms with Gasteiger partial charge >= 0.3 is 0 Å². The Balaban J connectivity index is 2.36. The number of hydrogen-bond donors (Lipinski definition) is 1. The fourth-order valence-corrected chi connectivity index (χ4v) is 2.21. The maximum atomic E-state index is 13.7. The van der Waals surface area contributed by atoms with E-state index < -0.39 is 0 Å². The second-order valence-electron chi connectivity index (χ2n) is 4.95. The first-order valence-corrected chi connectivity index (χ1v) is 7.02. The maximum absolute atomic E-state index is 13.7. The van der Waals surface area contributed by atoms with Gasteiger partial charge in [0.15, 0.2) is 0 Å². The molecule has 21 heavy (non-hydrogen) atoms. The summed E-state index contributed by atoms with van der Waals surface area (Å²) in [5.41, 5.74) is 2.48. The van der Waals surface area contributed by atoms with E-state index in [9.17, 15) is 4.39 Å². The van der Waals surface area contributed by atoms with Crippen LogP contribution in [0.4, 0.5) is 4.39 Å². The highest BCUT2D eigenvalue weighted by molar-refractivity contribution is 5.32. The molecule has 5 heteroatoms. The van der Waals surface area contributed by atoms with Crippen molar-refractivity contribution in [2.75, 3.05) is 13.7 Å². The number of ether oxygens (including phenoxy) is 1. The van der Waals surface area contributed by atoms with Gasteiger partial charge in [-0.1, -0.05) is 13.0 Å². The summed E-state index contributed by atoms with van der Waals surface area (Å²) in [5, 5.41) is 11.6. The fraction of sp³-hybridized carbons (Fsp3) is 0.375. The van der Waals surface area contributed by atoms with Crippen molar-refractivity contribution in [2.45, 2.75) is 26.3 Å². The van der Waals surface area contributed by atoms with Crippen LogP contribution in [0, 0.1) is 12.7 Å². The van der Waals surface area contributed by atoms with Gasteiger partial charge < -0.3 is 10.1 Å². The molecule has 1 aromatic carbocycles. The lowest BCUT2D eigenvalue weighted by molar-refractivity contribution is 0.390. The number of rotatable bonds is 6. The topological polar surface area (TPSA) is 47.0 Å². The van der Waals surface area contributed by atoms with Crippen molar-refractivity contribution in [1.82, 2.24) is 15.5 Å². The van der Waals surface area contributed by atoms with Crippen molar-refractivity contribution < 1.29 is 9.13 Å². The van der Waals surface area contributed by atoms with Gasteiger partial charge in [0, 0.05) is 6.07 Å². The number of aromatic nitrogens is 2. The third-order valence-electron chi connectivity index (χ3n) is 3.16.